The highest BCUT2D eigenvalue weighted by Gasteiger charge is 2.25. The Kier molecular flexibility index (Phi) is 5.61. The normalized spacial score (nSPS) is 19.4. The Hall–Kier alpha value is -1.75. The largest absolute Gasteiger partial charge is 0.368 e. The van der Waals surface area contributed by atoms with E-state index in [-0.39, 0.29) is 18.4 Å². The Morgan fingerprint density at radius 1 is 1.04 bits per heavy atom. The van der Waals surface area contributed by atoms with Crippen LogP contribution < -0.4 is 4.90 Å². The Morgan fingerprint density at radius 2 is 1.83 bits per heavy atom. The molecule has 3 rings (SSSR count). The number of benzene rings is 1. The Morgan fingerprint density at radius 3 is 2.58 bits per heavy atom. The van der Waals surface area contributed by atoms with Crippen LogP contribution in [0.15, 0.2) is 24.3 Å². The second-order valence-electron chi connectivity index (χ2n) is 6.47. The molecule has 0 aliphatic carbocycles. The number of hydrogen-bond acceptors (Lipinski definition) is 3. The molecule has 2 aliphatic rings. The van der Waals surface area contributed by atoms with Gasteiger partial charge in [0.15, 0.2) is 0 Å². The first-order valence-electron chi connectivity index (χ1n) is 8.69. The average Bonchev–Trinajstić information content (AvgIpc) is 2.80. The maximum atomic E-state index is 12.5. The van der Waals surface area contributed by atoms with Crippen molar-refractivity contribution in [3.8, 4) is 0 Å². The maximum Gasteiger partial charge on any atom is 0.242 e. The predicted octanol–water partition coefficient (Wildman–Crippen LogP) is 2.39. The molecule has 0 unspecified atom stereocenters. The van der Waals surface area contributed by atoms with E-state index in [1.807, 2.05) is 29.2 Å². The van der Waals surface area contributed by atoms with Crippen LogP contribution in [0.1, 0.15) is 25.7 Å². The molecule has 0 saturated carbocycles. The van der Waals surface area contributed by atoms with Crippen LogP contribution in [0.25, 0.3) is 0 Å². The fourth-order valence-corrected chi connectivity index (χ4v) is 3.54. The summed E-state index contributed by atoms with van der Waals surface area (Å²) in [7, 11) is 0. The van der Waals surface area contributed by atoms with Crippen molar-refractivity contribution in [1.82, 2.24) is 9.80 Å². The molecule has 1 aromatic carbocycles. The van der Waals surface area contributed by atoms with Crippen molar-refractivity contribution in [2.24, 2.45) is 0 Å². The minimum Gasteiger partial charge on any atom is -0.368 e. The monoisotopic (exact) mass is 349 g/mol. The summed E-state index contributed by atoms with van der Waals surface area (Å²) in [5.74, 6) is 0.189. The van der Waals surface area contributed by atoms with E-state index in [0.717, 1.165) is 43.1 Å². The lowest BCUT2D eigenvalue weighted by Gasteiger charge is -2.37. The van der Waals surface area contributed by atoms with E-state index >= 15 is 0 Å². The minimum atomic E-state index is 0.0657. The zero-order valence-electron chi connectivity index (χ0n) is 13.9. The van der Waals surface area contributed by atoms with Gasteiger partial charge in [0.1, 0.15) is 0 Å². The van der Waals surface area contributed by atoms with E-state index in [9.17, 15) is 9.59 Å². The van der Waals surface area contributed by atoms with Crippen molar-refractivity contribution in [1.29, 1.82) is 0 Å². The molecule has 130 valence electrons. The molecule has 0 N–H and O–H groups in total. The van der Waals surface area contributed by atoms with Crippen molar-refractivity contribution < 1.29 is 9.59 Å². The quantitative estimate of drug-likeness (QED) is 0.841. The summed E-state index contributed by atoms with van der Waals surface area (Å²) in [6, 6.07) is 7.80. The first-order valence-corrected chi connectivity index (χ1v) is 9.07. The van der Waals surface area contributed by atoms with E-state index in [1.165, 1.54) is 0 Å². The number of carbonyl (C=O) groups is 2. The molecular formula is C18H24ClN3O2. The Bertz CT molecular complexity index is 600. The van der Waals surface area contributed by atoms with Crippen LogP contribution in [-0.2, 0) is 9.59 Å². The number of carbonyl (C=O) groups excluding carboxylic acids is 2. The molecular weight excluding hydrogens is 326 g/mol. The van der Waals surface area contributed by atoms with Crippen molar-refractivity contribution in [3.05, 3.63) is 29.3 Å². The average molecular weight is 350 g/mol. The number of hydrogen-bond donors (Lipinski definition) is 0. The smallest absolute Gasteiger partial charge is 0.242 e. The second-order valence-corrected chi connectivity index (χ2v) is 6.91. The van der Waals surface area contributed by atoms with E-state index < -0.39 is 0 Å². The number of likely N-dealkylation sites (tertiary alicyclic amines) is 1. The first-order chi connectivity index (χ1) is 11.6. The molecule has 0 radical (unpaired) electrons. The molecule has 1 aromatic rings. The summed E-state index contributed by atoms with van der Waals surface area (Å²) in [6.07, 6.45) is 3.61. The molecule has 0 bridgehead atoms. The molecule has 2 aliphatic heterocycles. The van der Waals surface area contributed by atoms with Crippen molar-refractivity contribution >= 4 is 29.1 Å². The van der Waals surface area contributed by atoms with Gasteiger partial charge in [-0.1, -0.05) is 24.1 Å². The van der Waals surface area contributed by atoms with Gasteiger partial charge in [-0.2, -0.15) is 0 Å². The van der Waals surface area contributed by atoms with Gasteiger partial charge in [0, 0.05) is 49.9 Å². The molecule has 5 nitrogen and oxygen atoms in total. The standard InChI is InChI=1S/C18H24ClN3O2/c19-15-5-4-6-16(13-15)20-9-11-21(12-10-20)18(24)14-22-8-3-1-2-7-17(22)23/h4-6,13H,1-3,7-12,14H2. The fraction of sp³-hybridized carbons (Fsp3) is 0.556. The van der Waals surface area contributed by atoms with Crippen LogP contribution in [0.3, 0.4) is 0 Å². The Balaban J connectivity index is 1.52. The Labute approximate surface area is 148 Å². The zero-order chi connectivity index (χ0) is 16.9. The lowest BCUT2D eigenvalue weighted by Crippen LogP contribution is -2.51. The SMILES string of the molecule is O=C(CN1CCCCCC1=O)N1CCN(c2cccc(Cl)c2)CC1. The topological polar surface area (TPSA) is 43.9 Å². The van der Waals surface area contributed by atoms with Crippen molar-refractivity contribution in [3.63, 3.8) is 0 Å². The molecule has 24 heavy (non-hydrogen) atoms. The molecule has 2 heterocycles. The van der Waals surface area contributed by atoms with Gasteiger partial charge >= 0.3 is 0 Å². The third kappa shape index (κ3) is 4.20. The first kappa shape index (κ1) is 17.1. The van der Waals surface area contributed by atoms with E-state index in [0.29, 0.717) is 26.1 Å². The van der Waals surface area contributed by atoms with Gasteiger partial charge in [0.2, 0.25) is 11.8 Å². The molecule has 2 amide bonds. The number of amides is 2. The van der Waals surface area contributed by atoms with Gasteiger partial charge < -0.3 is 14.7 Å². The number of halogens is 1. The van der Waals surface area contributed by atoms with Crippen LogP contribution in [0.2, 0.25) is 5.02 Å². The highest BCUT2D eigenvalue weighted by Crippen LogP contribution is 2.21. The molecule has 0 atom stereocenters. The highest BCUT2D eigenvalue weighted by atomic mass is 35.5. The maximum absolute atomic E-state index is 12.5. The molecule has 0 spiro atoms. The van der Waals surface area contributed by atoms with Crippen molar-refractivity contribution in [2.75, 3.05) is 44.2 Å². The van der Waals surface area contributed by atoms with Crippen LogP contribution in [0.4, 0.5) is 5.69 Å². The third-order valence-electron chi connectivity index (χ3n) is 4.80. The van der Waals surface area contributed by atoms with Crippen LogP contribution in [0.5, 0.6) is 0 Å². The van der Waals surface area contributed by atoms with Gasteiger partial charge in [-0.25, -0.2) is 0 Å². The lowest BCUT2D eigenvalue weighted by molar-refractivity contribution is -0.140. The molecule has 2 saturated heterocycles. The number of rotatable bonds is 3. The van der Waals surface area contributed by atoms with Gasteiger partial charge in [0.05, 0.1) is 6.54 Å². The van der Waals surface area contributed by atoms with E-state index in [1.54, 1.807) is 4.90 Å². The summed E-state index contributed by atoms with van der Waals surface area (Å²) in [5, 5.41) is 0.727. The predicted molar refractivity (Wildman–Crippen MR) is 95.3 cm³/mol. The van der Waals surface area contributed by atoms with Crippen LogP contribution in [-0.4, -0.2) is 60.9 Å². The number of anilines is 1. The van der Waals surface area contributed by atoms with Gasteiger partial charge in [-0.3, -0.25) is 9.59 Å². The van der Waals surface area contributed by atoms with E-state index in [4.69, 9.17) is 11.6 Å². The molecule has 2 fully saturated rings. The van der Waals surface area contributed by atoms with Gasteiger partial charge in [0.25, 0.3) is 0 Å². The summed E-state index contributed by atoms with van der Waals surface area (Å²) >= 11 is 6.05. The minimum absolute atomic E-state index is 0.0657. The van der Waals surface area contributed by atoms with Crippen LogP contribution in [0, 0.1) is 0 Å². The molecule has 6 heteroatoms. The van der Waals surface area contributed by atoms with Crippen molar-refractivity contribution in [2.45, 2.75) is 25.7 Å². The fourth-order valence-electron chi connectivity index (χ4n) is 3.36. The van der Waals surface area contributed by atoms with Gasteiger partial charge in [-0.05, 0) is 31.0 Å². The summed E-state index contributed by atoms with van der Waals surface area (Å²) < 4.78 is 0. The lowest BCUT2D eigenvalue weighted by atomic mass is 10.2. The van der Waals surface area contributed by atoms with Gasteiger partial charge in [-0.15, -0.1) is 0 Å². The highest BCUT2D eigenvalue weighted by molar-refractivity contribution is 6.30. The molecule has 0 aromatic heterocycles. The third-order valence-corrected chi connectivity index (χ3v) is 5.04. The number of nitrogens with zero attached hydrogens (tertiary/aromatic N) is 3. The summed E-state index contributed by atoms with van der Waals surface area (Å²) in [5.41, 5.74) is 1.09. The van der Waals surface area contributed by atoms with E-state index in [2.05, 4.69) is 4.90 Å². The zero-order valence-corrected chi connectivity index (χ0v) is 14.7. The second kappa shape index (κ2) is 7.88. The summed E-state index contributed by atoms with van der Waals surface area (Å²) in [6.45, 7) is 3.91. The summed E-state index contributed by atoms with van der Waals surface area (Å²) in [4.78, 5) is 30.4. The van der Waals surface area contributed by atoms with Crippen LogP contribution >= 0.6 is 11.6 Å². The number of piperazine rings is 1.